The number of ketones is 1. The van der Waals surface area contributed by atoms with Crippen LogP contribution in [0, 0.1) is 5.92 Å². The minimum Gasteiger partial charge on any atom is -0.509 e. The molecule has 212 valence electrons. The van der Waals surface area contributed by atoms with Crippen LogP contribution in [0.5, 0.6) is 0 Å². The Morgan fingerprint density at radius 3 is 2.50 bits per heavy atom. The van der Waals surface area contributed by atoms with Gasteiger partial charge < -0.3 is 24.5 Å². The number of carbonyl (C=O) groups excluding carboxylic acids is 4. The topological polar surface area (TPSA) is 171 Å². The minimum atomic E-state index is -2.20. The fourth-order valence-corrected chi connectivity index (χ4v) is 4.54. The number of methoxy groups -OCH3 is 1. The van der Waals surface area contributed by atoms with E-state index in [9.17, 15) is 29.1 Å². The number of esters is 1. The molecule has 1 fully saturated rings. The van der Waals surface area contributed by atoms with E-state index in [0.29, 0.717) is 6.42 Å². The number of carboxylic acid groups (broad SMARTS) is 1. The molecule has 0 unspecified atom stereocenters. The zero-order chi connectivity index (χ0) is 29.3. The van der Waals surface area contributed by atoms with Crippen LogP contribution >= 0.6 is 0 Å². The molecule has 40 heavy (non-hydrogen) atoms. The van der Waals surface area contributed by atoms with Gasteiger partial charge in [0, 0.05) is 24.6 Å². The summed E-state index contributed by atoms with van der Waals surface area (Å²) in [5.74, 6) is -5.00. The van der Waals surface area contributed by atoms with Gasteiger partial charge in [0.1, 0.15) is 5.69 Å². The third kappa shape index (κ3) is 8.19. The molecule has 0 spiro atoms. The van der Waals surface area contributed by atoms with Crippen molar-refractivity contribution in [3.05, 3.63) is 60.2 Å². The van der Waals surface area contributed by atoms with Crippen molar-refractivity contribution >= 4 is 36.7 Å². The number of nitrogens with one attached hydrogen (secondary N) is 1. The highest BCUT2D eigenvalue weighted by Gasteiger charge is 2.54. The third-order valence-electron chi connectivity index (χ3n) is 6.46. The largest absolute Gasteiger partial charge is 0.531 e. The lowest BCUT2D eigenvalue weighted by Gasteiger charge is -2.38. The summed E-state index contributed by atoms with van der Waals surface area (Å²) in [6.07, 6.45) is 2.95. The number of rotatable bonds is 13. The summed E-state index contributed by atoms with van der Waals surface area (Å²) < 4.78 is 15.8. The zero-order valence-corrected chi connectivity index (χ0v) is 22.6. The summed E-state index contributed by atoms with van der Waals surface area (Å²) in [7, 11) is -0.319. The second-order valence-corrected chi connectivity index (χ2v) is 10.1. The summed E-state index contributed by atoms with van der Waals surface area (Å²) >= 11 is 0. The van der Waals surface area contributed by atoms with Gasteiger partial charge in [-0.2, -0.15) is 0 Å². The average Bonchev–Trinajstić information content (AvgIpc) is 2.92. The minimum absolute atomic E-state index is 0.00335. The number of ether oxygens (including phenoxy) is 1. The third-order valence-corrected chi connectivity index (χ3v) is 6.46. The molecule has 1 aliphatic heterocycles. The van der Waals surface area contributed by atoms with Gasteiger partial charge >= 0.3 is 19.1 Å². The van der Waals surface area contributed by atoms with Crippen molar-refractivity contribution in [2.24, 2.45) is 5.92 Å². The zero-order valence-electron chi connectivity index (χ0n) is 22.6. The van der Waals surface area contributed by atoms with Crippen LogP contribution in [0.15, 0.2) is 48.9 Å². The van der Waals surface area contributed by atoms with E-state index in [4.69, 9.17) is 9.31 Å². The van der Waals surface area contributed by atoms with Crippen molar-refractivity contribution in [3.8, 4) is 0 Å². The summed E-state index contributed by atoms with van der Waals surface area (Å²) in [4.78, 5) is 71.2. The fraction of sp³-hybridized carbons (Fsp3) is 0.444. The van der Waals surface area contributed by atoms with Gasteiger partial charge in [0.05, 0.1) is 32.2 Å². The Balaban J connectivity index is 1.88. The van der Waals surface area contributed by atoms with Gasteiger partial charge in [-0.25, -0.2) is 9.78 Å². The lowest BCUT2D eigenvalue weighted by atomic mass is 9.63. The average molecular weight is 553 g/mol. The van der Waals surface area contributed by atoms with Crippen molar-refractivity contribution in [1.29, 1.82) is 0 Å². The number of amides is 1. The molecule has 1 saturated heterocycles. The summed E-state index contributed by atoms with van der Waals surface area (Å²) in [5, 5.41) is 12.6. The summed E-state index contributed by atoms with van der Waals surface area (Å²) in [6.45, 7) is 3.77. The van der Waals surface area contributed by atoms with E-state index in [2.05, 4.69) is 20.0 Å². The molecule has 2 aromatic rings. The van der Waals surface area contributed by atoms with Crippen LogP contribution in [0.25, 0.3) is 0 Å². The van der Waals surface area contributed by atoms with E-state index >= 15 is 0 Å². The first-order valence-electron chi connectivity index (χ1n) is 12.8. The standard InChI is InChI=1S/C27H32BN3O9/c1-17(2)11-19(28-39-24(34)15-27(40-28,26(36)37)14-23(33)38-3)13-22(32)20(12-18-7-5-4-6-8-18)31-25(35)21-16-29-9-10-30-21/h4-10,16-17,19-20H,11-15H2,1-3H3,(H,31,35)(H,36,37)/t19-,20+,27-/m1/s1. The van der Waals surface area contributed by atoms with E-state index < -0.39 is 61.2 Å². The van der Waals surface area contributed by atoms with Crippen molar-refractivity contribution in [3.63, 3.8) is 0 Å². The first-order chi connectivity index (χ1) is 19.0. The van der Waals surface area contributed by atoms with Crippen molar-refractivity contribution < 1.29 is 43.1 Å². The normalized spacial score (nSPS) is 18.4. The van der Waals surface area contributed by atoms with E-state index in [1.807, 2.05) is 44.2 Å². The maximum absolute atomic E-state index is 13.7. The van der Waals surface area contributed by atoms with E-state index in [1.165, 1.54) is 18.6 Å². The molecular weight excluding hydrogens is 521 g/mol. The smallest absolute Gasteiger partial charge is 0.509 e. The van der Waals surface area contributed by atoms with Crippen LogP contribution in [-0.4, -0.2) is 70.5 Å². The number of benzene rings is 1. The van der Waals surface area contributed by atoms with Gasteiger partial charge in [-0.1, -0.05) is 44.2 Å². The van der Waals surface area contributed by atoms with Crippen LogP contribution in [-0.2, 0) is 39.6 Å². The van der Waals surface area contributed by atoms with E-state index in [1.54, 1.807) is 0 Å². The predicted molar refractivity (Wildman–Crippen MR) is 141 cm³/mol. The highest BCUT2D eigenvalue weighted by molar-refractivity contribution is 6.50. The molecule has 13 heteroatoms. The number of aliphatic carboxylic acids is 1. The van der Waals surface area contributed by atoms with Gasteiger partial charge in [-0.3, -0.25) is 24.2 Å². The quantitative estimate of drug-likeness (QED) is 0.275. The van der Waals surface area contributed by atoms with Crippen molar-refractivity contribution in [1.82, 2.24) is 15.3 Å². The fourth-order valence-electron chi connectivity index (χ4n) is 4.54. The van der Waals surface area contributed by atoms with E-state index in [0.717, 1.165) is 12.7 Å². The Labute approximate surface area is 232 Å². The molecule has 3 rings (SSSR count). The van der Waals surface area contributed by atoms with E-state index in [-0.39, 0.29) is 30.2 Å². The van der Waals surface area contributed by atoms with Crippen LogP contribution in [0.2, 0.25) is 5.82 Å². The van der Waals surface area contributed by atoms with Gasteiger partial charge in [-0.15, -0.1) is 0 Å². The summed E-state index contributed by atoms with van der Waals surface area (Å²) in [6, 6.07) is 8.11. The molecule has 3 atom stereocenters. The number of hydrogen-bond donors (Lipinski definition) is 2. The monoisotopic (exact) mass is 553 g/mol. The highest BCUT2D eigenvalue weighted by Crippen LogP contribution is 2.36. The Kier molecular flexibility index (Phi) is 10.5. The van der Waals surface area contributed by atoms with Crippen molar-refractivity contribution in [2.45, 2.75) is 63.4 Å². The lowest BCUT2D eigenvalue weighted by Crippen LogP contribution is -2.56. The predicted octanol–water partition coefficient (Wildman–Crippen LogP) is 2.03. The van der Waals surface area contributed by atoms with Crippen LogP contribution in [0.3, 0.4) is 0 Å². The number of nitrogens with zero attached hydrogens (tertiary/aromatic N) is 2. The summed E-state index contributed by atoms with van der Waals surface area (Å²) in [5.41, 5.74) is -1.37. The molecule has 0 radical (unpaired) electrons. The highest BCUT2D eigenvalue weighted by atomic mass is 16.6. The molecule has 2 N–H and O–H groups in total. The number of carboxylic acids is 1. The Bertz CT molecular complexity index is 1210. The van der Waals surface area contributed by atoms with Crippen LogP contribution in [0.4, 0.5) is 0 Å². The molecule has 12 nitrogen and oxygen atoms in total. The Hall–Kier alpha value is -4.13. The Morgan fingerprint density at radius 1 is 1.18 bits per heavy atom. The molecule has 0 bridgehead atoms. The van der Waals surface area contributed by atoms with Gasteiger partial charge in [0.2, 0.25) is 0 Å². The maximum Gasteiger partial charge on any atom is 0.531 e. The molecule has 1 aliphatic rings. The van der Waals surface area contributed by atoms with Gasteiger partial charge in [0.25, 0.3) is 11.9 Å². The molecule has 1 aromatic heterocycles. The van der Waals surface area contributed by atoms with Crippen LogP contribution < -0.4 is 5.32 Å². The first-order valence-corrected chi connectivity index (χ1v) is 12.8. The molecule has 1 amide bonds. The maximum atomic E-state index is 13.7. The molecule has 0 aliphatic carbocycles. The SMILES string of the molecule is COC(=O)C[C@]1(C(=O)O)CC(=O)OB([C@@H](CC(=O)[C@H](Cc2ccccc2)NC(=O)c2cnccn2)CC(C)C)O1. The molecule has 1 aromatic carbocycles. The first kappa shape index (κ1) is 30.4. The van der Waals surface area contributed by atoms with Crippen molar-refractivity contribution in [2.75, 3.05) is 7.11 Å². The van der Waals surface area contributed by atoms with Gasteiger partial charge in [-0.05, 0) is 24.3 Å². The molecule has 2 heterocycles. The van der Waals surface area contributed by atoms with Gasteiger partial charge in [0.15, 0.2) is 11.4 Å². The second kappa shape index (κ2) is 13.8. The van der Waals surface area contributed by atoms with Crippen LogP contribution in [0.1, 0.15) is 55.6 Å². The number of aromatic nitrogens is 2. The number of carbonyl (C=O) groups is 5. The Morgan fingerprint density at radius 2 is 1.90 bits per heavy atom. The second-order valence-electron chi connectivity index (χ2n) is 10.1. The number of hydrogen-bond acceptors (Lipinski definition) is 10. The number of Topliss-reactive ketones (excluding diaryl/α,β-unsaturated/α-hetero) is 1. The molecule has 0 saturated carbocycles. The molecular formula is C27H32BN3O9. The lowest BCUT2D eigenvalue weighted by molar-refractivity contribution is -0.175.